The second-order valence-electron chi connectivity index (χ2n) is 6.68. The Morgan fingerprint density at radius 3 is 2.58 bits per heavy atom. The largest absolute Gasteiger partial charge is 0.497 e. The first kappa shape index (κ1) is 20.7. The van der Waals surface area contributed by atoms with E-state index in [1.165, 1.54) is 11.8 Å². The molecule has 8 heteroatoms. The normalized spacial score (nSPS) is 10.8. The van der Waals surface area contributed by atoms with Crippen molar-refractivity contribution in [2.45, 2.75) is 17.5 Å². The Morgan fingerprint density at radius 1 is 1.06 bits per heavy atom. The summed E-state index contributed by atoms with van der Waals surface area (Å²) in [6.45, 7) is 0.495. The second kappa shape index (κ2) is 9.53. The Balaban J connectivity index is 1.65. The summed E-state index contributed by atoms with van der Waals surface area (Å²) in [6, 6.07) is 16.8. The molecule has 0 unspecified atom stereocenters. The minimum atomic E-state index is 0.495. The summed E-state index contributed by atoms with van der Waals surface area (Å²) in [7, 11) is 3.25. The van der Waals surface area contributed by atoms with Gasteiger partial charge in [0.25, 0.3) is 0 Å². The highest BCUT2D eigenvalue weighted by Gasteiger charge is 2.17. The fraction of sp³-hybridized carbons (Fsp3) is 0.174. The molecule has 2 heterocycles. The van der Waals surface area contributed by atoms with Crippen molar-refractivity contribution in [1.29, 1.82) is 0 Å². The first-order chi connectivity index (χ1) is 15.2. The quantitative estimate of drug-likeness (QED) is 0.278. The highest BCUT2D eigenvalue weighted by molar-refractivity contribution is 7.98. The molecule has 0 aliphatic heterocycles. The van der Waals surface area contributed by atoms with Crippen molar-refractivity contribution in [2.24, 2.45) is 0 Å². The van der Waals surface area contributed by atoms with Crippen LogP contribution in [-0.4, -0.2) is 35.3 Å². The number of hydrogen-bond donors (Lipinski definition) is 0. The highest BCUT2D eigenvalue weighted by atomic mass is 32.2. The molecule has 0 atom stereocenters. The van der Waals surface area contributed by atoms with Gasteiger partial charge in [0, 0.05) is 22.4 Å². The Hall–Kier alpha value is -3.52. The lowest BCUT2D eigenvalue weighted by Crippen LogP contribution is -2.04. The van der Waals surface area contributed by atoms with Crippen molar-refractivity contribution in [3.8, 4) is 22.9 Å². The lowest BCUT2D eigenvalue weighted by Gasteiger charge is -2.11. The number of nitrogens with zero attached hydrogens (tertiary/aromatic N) is 3. The van der Waals surface area contributed by atoms with Crippen LogP contribution in [0, 0.1) is 0 Å². The van der Waals surface area contributed by atoms with Crippen LogP contribution in [-0.2, 0) is 12.3 Å². The van der Waals surface area contributed by atoms with Crippen LogP contribution < -0.4 is 9.47 Å². The first-order valence-corrected chi connectivity index (χ1v) is 10.5. The maximum Gasteiger partial charge on any atom is 0.192 e. The zero-order valence-corrected chi connectivity index (χ0v) is 18.0. The number of hydrogen-bond acceptors (Lipinski definition) is 7. The van der Waals surface area contributed by atoms with E-state index in [9.17, 15) is 4.79 Å². The molecule has 7 nitrogen and oxygen atoms in total. The second-order valence-corrected chi connectivity index (χ2v) is 7.62. The predicted octanol–water partition coefficient (Wildman–Crippen LogP) is 4.71. The minimum absolute atomic E-state index is 0.495. The molecule has 158 valence electrons. The number of rotatable bonds is 9. The molecule has 2 aromatic heterocycles. The van der Waals surface area contributed by atoms with Crippen LogP contribution in [0.1, 0.15) is 21.7 Å². The molecular weight excluding hydrogens is 414 g/mol. The zero-order chi connectivity index (χ0) is 21.6. The number of benzene rings is 2. The van der Waals surface area contributed by atoms with Crippen molar-refractivity contribution in [2.75, 3.05) is 14.2 Å². The Bertz CT molecular complexity index is 1150. The zero-order valence-electron chi connectivity index (χ0n) is 17.1. The molecule has 31 heavy (non-hydrogen) atoms. The smallest absolute Gasteiger partial charge is 0.192 e. The number of methoxy groups -OCH3 is 2. The van der Waals surface area contributed by atoms with Gasteiger partial charge in [-0.15, -0.1) is 10.2 Å². The third-order valence-corrected chi connectivity index (χ3v) is 5.77. The summed E-state index contributed by atoms with van der Waals surface area (Å²) in [6.07, 6.45) is 2.48. The van der Waals surface area contributed by atoms with Gasteiger partial charge < -0.3 is 13.9 Å². The van der Waals surface area contributed by atoms with E-state index in [-0.39, 0.29) is 0 Å². The van der Waals surface area contributed by atoms with Crippen molar-refractivity contribution >= 4 is 18.0 Å². The first-order valence-electron chi connectivity index (χ1n) is 9.56. The standard InChI is InChI=1S/C23H21N3O4S/c1-28-19-8-6-17(7-9-19)22-24-25-23(26(22)13-20-4-3-11-30-20)31-15-18-12-16(14-27)5-10-21(18)29-2/h3-12,14H,13,15H2,1-2H3. The van der Waals surface area contributed by atoms with Gasteiger partial charge in [0.15, 0.2) is 11.0 Å². The van der Waals surface area contributed by atoms with Crippen molar-refractivity contribution in [1.82, 2.24) is 14.8 Å². The van der Waals surface area contributed by atoms with Gasteiger partial charge in [-0.3, -0.25) is 9.36 Å². The molecule has 0 saturated heterocycles. The summed E-state index contributed by atoms with van der Waals surface area (Å²) in [5.74, 6) is 3.61. The van der Waals surface area contributed by atoms with Gasteiger partial charge >= 0.3 is 0 Å². The molecule has 0 spiro atoms. The molecule has 0 saturated carbocycles. The van der Waals surface area contributed by atoms with Gasteiger partial charge in [-0.25, -0.2) is 0 Å². The van der Waals surface area contributed by atoms with Gasteiger partial charge in [0.1, 0.15) is 23.5 Å². The van der Waals surface area contributed by atoms with Crippen LogP contribution in [0.4, 0.5) is 0 Å². The molecular formula is C23H21N3O4S. The van der Waals surface area contributed by atoms with Gasteiger partial charge in [-0.1, -0.05) is 11.8 Å². The van der Waals surface area contributed by atoms with Crippen LogP contribution in [0.15, 0.2) is 70.4 Å². The molecule has 0 radical (unpaired) electrons. The maximum atomic E-state index is 11.2. The number of ether oxygens (including phenoxy) is 2. The lowest BCUT2D eigenvalue weighted by molar-refractivity contribution is 0.112. The molecule has 0 aliphatic rings. The minimum Gasteiger partial charge on any atom is -0.497 e. The molecule has 0 amide bonds. The van der Waals surface area contributed by atoms with Gasteiger partial charge in [-0.05, 0) is 54.6 Å². The van der Waals surface area contributed by atoms with Gasteiger partial charge in [0.05, 0.1) is 27.0 Å². The number of thioether (sulfide) groups is 1. The summed E-state index contributed by atoms with van der Waals surface area (Å²) in [5, 5.41) is 9.59. The van der Waals surface area contributed by atoms with E-state index in [1.54, 1.807) is 32.6 Å². The van der Waals surface area contributed by atoms with E-state index in [0.29, 0.717) is 17.9 Å². The third-order valence-electron chi connectivity index (χ3n) is 4.76. The van der Waals surface area contributed by atoms with E-state index in [4.69, 9.17) is 13.9 Å². The highest BCUT2D eigenvalue weighted by Crippen LogP contribution is 2.31. The Kier molecular flexibility index (Phi) is 6.37. The van der Waals surface area contributed by atoms with E-state index >= 15 is 0 Å². The molecule has 4 aromatic rings. The van der Waals surface area contributed by atoms with Crippen LogP contribution in [0.3, 0.4) is 0 Å². The van der Waals surface area contributed by atoms with E-state index in [1.807, 2.05) is 47.0 Å². The summed E-state index contributed by atoms with van der Waals surface area (Å²) in [4.78, 5) is 11.2. The Labute approximate surface area is 184 Å². The van der Waals surface area contributed by atoms with E-state index in [2.05, 4.69) is 10.2 Å². The summed E-state index contributed by atoms with van der Waals surface area (Å²) in [5.41, 5.74) is 2.44. The monoisotopic (exact) mass is 435 g/mol. The van der Waals surface area contributed by atoms with Crippen LogP contribution in [0.25, 0.3) is 11.4 Å². The Morgan fingerprint density at radius 2 is 1.90 bits per heavy atom. The van der Waals surface area contributed by atoms with Crippen LogP contribution >= 0.6 is 11.8 Å². The SMILES string of the molecule is COc1ccc(-c2nnc(SCc3cc(C=O)ccc3OC)n2Cc2ccco2)cc1. The maximum absolute atomic E-state index is 11.2. The summed E-state index contributed by atoms with van der Waals surface area (Å²) >= 11 is 1.52. The topological polar surface area (TPSA) is 79.4 Å². The predicted molar refractivity (Wildman–Crippen MR) is 118 cm³/mol. The molecule has 0 N–H and O–H groups in total. The van der Waals surface area contributed by atoms with E-state index in [0.717, 1.165) is 45.7 Å². The average Bonchev–Trinajstić information content (AvgIpc) is 3.48. The molecule has 2 aromatic carbocycles. The fourth-order valence-electron chi connectivity index (χ4n) is 3.18. The van der Waals surface area contributed by atoms with Gasteiger partial charge in [-0.2, -0.15) is 0 Å². The molecule has 0 bridgehead atoms. The van der Waals surface area contributed by atoms with Crippen molar-refractivity contribution < 1.29 is 18.7 Å². The molecule has 0 fully saturated rings. The lowest BCUT2D eigenvalue weighted by atomic mass is 10.1. The number of carbonyl (C=O) groups excluding carboxylic acids is 1. The van der Waals surface area contributed by atoms with Gasteiger partial charge in [0.2, 0.25) is 0 Å². The number of aldehydes is 1. The average molecular weight is 436 g/mol. The third kappa shape index (κ3) is 4.64. The van der Waals surface area contributed by atoms with E-state index < -0.39 is 0 Å². The molecule has 4 rings (SSSR count). The number of furan rings is 1. The summed E-state index contributed by atoms with van der Waals surface area (Å²) < 4.78 is 18.3. The number of aromatic nitrogens is 3. The van der Waals surface area contributed by atoms with Crippen LogP contribution in [0.2, 0.25) is 0 Å². The molecule has 0 aliphatic carbocycles. The van der Waals surface area contributed by atoms with Crippen molar-refractivity contribution in [3.05, 3.63) is 77.7 Å². The van der Waals surface area contributed by atoms with Crippen molar-refractivity contribution in [3.63, 3.8) is 0 Å². The van der Waals surface area contributed by atoms with Crippen LogP contribution in [0.5, 0.6) is 11.5 Å². The fourth-order valence-corrected chi connectivity index (χ4v) is 4.09. The number of carbonyl (C=O) groups is 1.